The number of nitrogens with one attached hydrogen (secondary N) is 2. The molecule has 1 saturated heterocycles. The minimum atomic E-state index is -0.219. The molecule has 2 aromatic rings. The van der Waals surface area contributed by atoms with Gasteiger partial charge in [-0.05, 0) is 36.1 Å². The molecule has 1 aliphatic heterocycles. The predicted octanol–water partition coefficient (Wildman–Crippen LogP) is 2.10. The molecule has 5 nitrogen and oxygen atoms in total. The van der Waals surface area contributed by atoms with Crippen LogP contribution in [0.25, 0.3) is 0 Å². The van der Waals surface area contributed by atoms with E-state index in [0.717, 1.165) is 36.9 Å². The predicted molar refractivity (Wildman–Crippen MR) is 97.2 cm³/mol. The molecule has 1 saturated carbocycles. The Morgan fingerprint density at radius 1 is 1.35 bits per heavy atom. The molecule has 2 heterocycles. The lowest BCUT2D eigenvalue weighted by atomic mass is 9.64. The third-order valence-electron chi connectivity index (χ3n) is 6.07. The van der Waals surface area contributed by atoms with Crippen molar-refractivity contribution in [1.82, 2.24) is 20.4 Å². The summed E-state index contributed by atoms with van der Waals surface area (Å²) in [5.41, 5.74) is 2.19. The summed E-state index contributed by atoms with van der Waals surface area (Å²) in [5, 5.41) is 10.8. The zero-order chi connectivity index (χ0) is 18.1. The molecule has 1 aromatic carbocycles. The molecule has 6 heteroatoms. The summed E-state index contributed by atoms with van der Waals surface area (Å²) < 4.78 is 15.0. The first-order valence-electron chi connectivity index (χ1n) is 9.30. The van der Waals surface area contributed by atoms with Crippen LogP contribution in [-0.4, -0.2) is 35.3 Å². The van der Waals surface area contributed by atoms with Gasteiger partial charge in [-0.15, -0.1) is 0 Å². The van der Waals surface area contributed by atoms with Crippen molar-refractivity contribution in [2.45, 2.75) is 30.6 Å². The Morgan fingerprint density at radius 2 is 2.12 bits per heavy atom. The van der Waals surface area contributed by atoms with E-state index in [0.29, 0.717) is 13.1 Å². The lowest BCUT2D eigenvalue weighted by Crippen LogP contribution is -2.47. The number of halogens is 1. The van der Waals surface area contributed by atoms with E-state index in [-0.39, 0.29) is 29.0 Å². The summed E-state index contributed by atoms with van der Waals surface area (Å²) in [4.78, 5) is 12.9. The number of benzene rings is 1. The number of hydrogen-bond donors (Lipinski definition) is 2. The molecular weight excluding hydrogens is 331 g/mol. The lowest BCUT2D eigenvalue weighted by molar-refractivity contribution is -0.125. The molecule has 2 fully saturated rings. The van der Waals surface area contributed by atoms with E-state index < -0.39 is 0 Å². The Kier molecular flexibility index (Phi) is 4.53. The number of aromatic nitrogens is 2. The zero-order valence-electron chi connectivity index (χ0n) is 15.0. The van der Waals surface area contributed by atoms with Gasteiger partial charge in [-0.2, -0.15) is 5.10 Å². The highest BCUT2D eigenvalue weighted by Crippen LogP contribution is 2.43. The Hall–Kier alpha value is -2.21. The summed E-state index contributed by atoms with van der Waals surface area (Å²) in [6.07, 6.45) is 7.06. The summed E-state index contributed by atoms with van der Waals surface area (Å²) in [5.74, 6) is -0.0442. The van der Waals surface area contributed by atoms with Gasteiger partial charge < -0.3 is 10.6 Å². The van der Waals surface area contributed by atoms with Crippen LogP contribution in [0.5, 0.6) is 0 Å². The second kappa shape index (κ2) is 6.83. The van der Waals surface area contributed by atoms with Crippen molar-refractivity contribution < 1.29 is 9.18 Å². The van der Waals surface area contributed by atoms with E-state index >= 15 is 0 Å². The first kappa shape index (κ1) is 17.2. The Labute approximate surface area is 153 Å². The van der Waals surface area contributed by atoms with Crippen LogP contribution >= 0.6 is 0 Å². The van der Waals surface area contributed by atoms with Crippen molar-refractivity contribution in [3.05, 3.63) is 53.6 Å². The highest BCUT2D eigenvalue weighted by Gasteiger charge is 2.40. The van der Waals surface area contributed by atoms with Gasteiger partial charge in [0.2, 0.25) is 5.91 Å². The summed E-state index contributed by atoms with van der Waals surface area (Å²) in [7, 11) is 1.89. The smallest absolute Gasteiger partial charge is 0.225 e. The van der Waals surface area contributed by atoms with Gasteiger partial charge >= 0.3 is 0 Å². The number of hydrogen-bond acceptors (Lipinski definition) is 3. The van der Waals surface area contributed by atoms with Crippen molar-refractivity contribution in [2.24, 2.45) is 13.0 Å². The third kappa shape index (κ3) is 3.14. The standard InChI is InChI=1S/C20H25FN4O/c1-25-12-14(9-24-25)17-10-22-11-18(17)19(26)23-13-20(7-2-8-20)15-3-5-16(21)6-4-15/h3-6,9,12,17-18,22H,2,7-8,10-11,13H2,1H3,(H,23,26)/t17-,18+/m1/s1. The average Bonchev–Trinajstić information content (AvgIpc) is 3.23. The monoisotopic (exact) mass is 356 g/mol. The van der Waals surface area contributed by atoms with Gasteiger partial charge in [0.25, 0.3) is 0 Å². The molecule has 1 aliphatic carbocycles. The number of aryl methyl sites for hydroxylation is 1. The molecule has 1 aromatic heterocycles. The van der Waals surface area contributed by atoms with Gasteiger partial charge in [-0.1, -0.05) is 18.6 Å². The van der Waals surface area contributed by atoms with E-state index in [9.17, 15) is 9.18 Å². The van der Waals surface area contributed by atoms with E-state index in [1.165, 1.54) is 12.1 Å². The topological polar surface area (TPSA) is 59.0 Å². The van der Waals surface area contributed by atoms with Gasteiger partial charge in [0.1, 0.15) is 5.82 Å². The number of carbonyl (C=O) groups excluding carboxylic acids is 1. The largest absolute Gasteiger partial charge is 0.355 e. The SMILES string of the molecule is Cn1cc([C@H]2CNC[C@@H]2C(=O)NCC2(c3ccc(F)cc3)CCC2)cn1. The summed E-state index contributed by atoms with van der Waals surface area (Å²) in [6.45, 7) is 2.11. The van der Waals surface area contributed by atoms with Crippen molar-refractivity contribution in [2.75, 3.05) is 19.6 Å². The Balaban J connectivity index is 1.43. The molecule has 138 valence electrons. The van der Waals surface area contributed by atoms with Gasteiger partial charge in [0.05, 0.1) is 12.1 Å². The van der Waals surface area contributed by atoms with E-state index in [1.807, 2.05) is 31.6 Å². The molecule has 0 bridgehead atoms. The second-order valence-electron chi connectivity index (χ2n) is 7.68. The van der Waals surface area contributed by atoms with Crippen LogP contribution in [0, 0.1) is 11.7 Å². The van der Waals surface area contributed by atoms with Crippen LogP contribution in [0.4, 0.5) is 4.39 Å². The number of carbonyl (C=O) groups is 1. The fraction of sp³-hybridized carbons (Fsp3) is 0.500. The maximum absolute atomic E-state index is 13.2. The zero-order valence-corrected chi connectivity index (χ0v) is 15.0. The van der Waals surface area contributed by atoms with Crippen LogP contribution in [0.15, 0.2) is 36.7 Å². The Bertz CT molecular complexity index is 781. The normalized spacial score (nSPS) is 24.2. The molecule has 4 rings (SSSR count). The molecule has 0 radical (unpaired) electrons. The fourth-order valence-electron chi connectivity index (χ4n) is 4.30. The van der Waals surface area contributed by atoms with Crippen LogP contribution in [0.3, 0.4) is 0 Å². The van der Waals surface area contributed by atoms with E-state index in [4.69, 9.17) is 0 Å². The second-order valence-corrected chi connectivity index (χ2v) is 7.68. The van der Waals surface area contributed by atoms with Gasteiger partial charge in [-0.3, -0.25) is 9.48 Å². The average molecular weight is 356 g/mol. The molecule has 2 N–H and O–H groups in total. The number of rotatable bonds is 5. The van der Waals surface area contributed by atoms with Gasteiger partial charge in [0.15, 0.2) is 0 Å². The minimum Gasteiger partial charge on any atom is -0.355 e. The quantitative estimate of drug-likeness (QED) is 0.863. The maximum Gasteiger partial charge on any atom is 0.225 e. The number of nitrogens with zero attached hydrogens (tertiary/aromatic N) is 2. The van der Waals surface area contributed by atoms with Gasteiger partial charge in [0, 0.05) is 44.2 Å². The highest BCUT2D eigenvalue weighted by atomic mass is 19.1. The van der Waals surface area contributed by atoms with Crippen molar-refractivity contribution in [3.8, 4) is 0 Å². The maximum atomic E-state index is 13.2. The minimum absolute atomic E-state index is 0.0425. The molecule has 0 unspecified atom stereocenters. The van der Waals surface area contributed by atoms with E-state index in [1.54, 1.807) is 4.68 Å². The molecular formula is C20H25FN4O. The molecule has 1 amide bonds. The highest BCUT2D eigenvalue weighted by molar-refractivity contribution is 5.80. The van der Waals surface area contributed by atoms with Crippen molar-refractivity contribution >= 4 is 5.91 Å². The molecule has 2 atom stereocenters. The van der Waals surface area contributed by atoms with Crippen LogP contribution in [0.2, 0.25) is 0 Å². The van der Waals surface area contributed by atoms with Crippen LogP contribution in [-0.2, 0) is 17.3 Å². The van der Waals surface area contributed by atoms with Crippen molar-refractivity contribution in [3.63, 3.8) is 0 Å². The molecule has 26 heavy (non-hydrogen) atoms. The van der Waals surface area contributed by atoms with Crippen LogP contribution in [0.1, 0.15) is 36.3 Å². The van der Waals surface area contributed by atoms with Gasteiger partial charge in [-0.25, -0.2) is 4.39 Å². The van der Waals surface area contributed by atoms with Crippen molar-refractivity contribution in [1.29, 1.82) is 0 Å². The summed E-state index contributed by atoms with van der Waals surface area (Å²) >= 11 is 0. The summed E-state index contributed by atoms with van der Waals surface area (Å²) in [6, 6.07) is 6.74. The first-order valence-corrected chi connectivity index (χ1v) is 9.30. The third-order valence-corrected chi connectivity index (χ3v) is 6.07. The molecule has 2 aliphatic rings. The fourth-order valence-corrected chi connectivity index (χ4v) is 4.30. The lowest BCUT2D eigenvalue weighted by Gasteiger charge is -2.43. The first-order chi connectivity index (χ1) is 12.6. The van der Waals surface area contributed by atoms with E-state index in [2.05, 4.69) is 15.7 Å². The van der Waals surface area contributed by atoms with Crippen LogP contribution < -0.4 is 10.6 Å². The molecule has 0 spiro atoms. The Morgan fingerprint density at radius 3 is 2.73 bits per heavy atom. The number of amides is 1.